The molecular formula is C25H35FN2O5. The molecule has 33 heavy (non-hydrogen) atoms. The van der Waals surface area contributed by atoms with E-state index < -0.39 is 11.6 Å². The molecule has 1 N–H and O–H groups in total. The number of aryl methyl sites for hydroxylation is 1. The summed E-state index contributed by atoms with van der Waals surface area (Å²) in [6.07, 6.45) is 13.0. The Hall–Kier alpha value is -2.74. The lowest BCUT2D eigenvalue weighted by atomic mass is 9.79. The summed E-state index contributed by atoms with van der Waals surface area (Å²) >= 11 is 0. The minimum Gasteiger partial charge on any atom is -0.481 e. The summed E-state index contributed by atoms with van der Waals surface area (Å²) in [5.41, 5.74) is 0.999. The standard InChI is InChI=1S/C13H18FNO2.C9H11NO3.C3H6/c1-16-12-8-10(11(14)9-15-12)13(17-2)6-4-3-5-7-13;1-13-8-6-7(4-5-10-8)2-3-9(11)12;1-2-3-1/h8-9H,3-7H2,1-2H3;4-6H,2-3H2,1H3,(H,11,12);1-3H2. The average molecular weight is 463 g/mol. The van der Waals surface area contributed by atoms with E-state index in [9.17, 15) is 9.18 Å². The summed E-state index contributed by atoms with van der Waals surface area (Å²) in [5, 5.41) is 8.45. The molecule has 182 valence electrons. The molecule has 0 amide bonds. The SMILES string of the molecule is C1CC1.COc1cc(C2(OC)CCCCC2)c(F)cn1.COc1cc(CCC(=O)O)ccn1. The third-order valence-corrected chi connectivity index (χ3v) is 5.57. The number of halogens is 1. The lowest BCUT2D eigenvalue weighted by molar-refractivity contribution is -0.136. The van der Waals surface area contributed by atoms with E-state index in [1.54, 1.807) is 31.5 Å². The third kappa shape index (κ3) is 8.96. The van der Waals surface area contributed by atoms with Crippen molar-refractivity contribution in [1.82, 2.24) is 9.97 Å². The second-order valence-corrected chi connectivity index (χ2v) is 8.13. The Morgan fingerprint density at radius 1 is 1.00 bits per heavy atom. The van der Waals surface area contributed by atoms with Crippen LogP contribution < -0.4 is 9.47 Å². The van der Waals surface area contributed by atoms with E-state index in [1.165, 1.54) is 46.1 Å². The maximum atomic E-state index is 13.9. The summed E-state index contributed by atoms with van der Waals surface area (Å²) in [6.45, 7) is 0. The Kier molecular flexibility index (Phi) is 11.0. The molecule has 2 aromatic heterocycles. The Balaban J connectivity index is 0.000000212. The van der Waals surface area contributed by atoms with E-state index in [-0.39, 0.29) is 12.2 Å². The molecule has 4 rings (SSSR count). The monoisotopic (exact) mass is 462 g/mol. The van der Waals surface area contributed by atoms with Gasteiger partial charge in [-0.25, -0.2) is 14.4 Å². The van der Waals surface area contributed by atoms with E-state index in [0.717, 1.165) is 31.2 Å². The number of pyridine rings is 2. The molecule has 8 heteroatoms. The van der Waals surface area contributed by atoms with Crippen LogP contribution >= 0.6 is 0 Å². The molecule has 7 nitrogen and oxygen atoms in total. The Labute approximate surface area is 195 Å². The Bertz CT molecular complexity index is 867. The van der Waals surface area contributed by atoms with Gasteiger partial charge in [0.2, 0.25) is 11.8 Å². The summed E-state index contributed by atoms with van der Waals surface area (Å²) in [5.74, 6) is -0.156. The second kappa shape index (κ2) is 13.7. The largest absolute Gasteiger partial charge is 0.481 e. The van der Waals surface area contributed by atoms with Crippen LogP contribution in [-0.2, 0) is 21.6 Å². The quantitative estimate of drug-likeness (QED) is 0.596. The maximum absolute atomic E-state index is 13.9. The molecule has 0 atom stereocenters. The van der Waals surface area contributed by atoms with Gasteiger partial charge >= 0.3 is 5.97 Å². The summed E-state index contributed by atoms with van der Waals surface area (Å²) in [7, 11) is 4.71. The predicted molar refractivity (Wildman–Crippen MR) is 123 cm³/mol. The number of carboxylic acids is 1. The zero-order valence-electron chi connectivity index (χ0n) is 19.8. The third-order valence-electron chi connectivity index (χ3n) is 5.57. The number of methoxy groups -OCH3 is 3. The fourth-order valence-electron chi connectivity index (χ4n) is 3.56. The highest BCUT2D eigenvalue weighted by Gasteiger charge is 2.36. The van der Waals surface area contributed by atoms with Gasteiger partial charge in [-0.15, -0.1) is 0 Å². The second-order valence-electron chi connectivity index (χ2n) is 8.13. The van der Waals surface area contributed by atoms with Crippen molar-refractivity contribution >= 4 is 5.97 Å². The molecule has 0 aliphatic heterocycles. The van der Waals surface area contributed by atoms with Crippen molar-refractivity contribution in [2.24, 2.45) is 0 Å². The topological polar surface area (TPSA) is 90.8 Å². The van der Waals surface area contributed by atoms with Gasteiger partial charge in [0.1, 0.15) is 5.82 Å². The van der Waals surface area contributed by atoms with Crippen molar-refractivity contribution in [2.45, 2.75) is 69.8 Å². The van der Waals surface area contributed by atoms with E-state index in [2.05, 4.69) is 9.97 Å². The highest BCUT2D eigenvalue weighted by atomic mass is 19.1. The van der Waals surface area contributed by atoms with Crippen LogP contribution in [0.2, 0.25) is 0 Å². The molecule has 2 aliphatic carbocycles. The maximum Gasteiger partial charge on any atom is 0.303 e. The minimum absolute atomic E-state index is 0.132. The first-order valence-electron chi connectivity index (χ1n) is 11.4. The first-order valence-corrected chi connectivity index (χ1v) is 11.4. The van der Waals surface area contributed by atoms with E-state index in [1.807, 2.05) is 0 Å². The van der Waals surface area contributed by atoms with Gasteiger partial charge in [0.25, 0.3) is 0 Å². The number of hydrogen-bond donors (Lipinski definition) is 1. The summed E-state index contributed by atoms with van der Waals surface area (Å²) < 4.78 is 29.5. The van der Waals surface area contributed by atoms with Crippen molar-refractivity contribution < 1.29 is 28.5 Å². The van der Waals surface area contributed by atoms with Gasteiger partial charge in [0, 0.05) is 37.4 Å². The molecular weight excluding hydrogens is 427 g/mol. The number of rotatable bonds is 7. The fourth-order valence-corrected chi connectivity index (χ4v) is 3.56. The molecule has 2 aromatic rings. The van der Waals surface area contributed by atoms with Crippen LogP contribution in [0.15, 0.2) is 30.6 Å². The van der Waals surface area contributed by atoms with Gasteiger partial charge in [-0.3, -0.25) is 4.79 Å². The smallest absolute Gasteiger partial charge is 0.303 e. The first-order chi connectivity index (χ1) is 15.9. The molecule has 2 aliphatic rings. The number of carbonyl (C=O) groups is 1. The lowest BCUT2D eigenvalue weighted by Crippen LogP contribution is -2.32. The highest BCUT2D eigenvalue weighted by Crippen LogP contribution is 2.41. The number of aliphatic carboxylic acids is 1. The molecule has 0 spiro atoms. The van der Waals surface area contributed by atoms with Gasteiger partial charge in [-0.05, 0) is 30.9 Å². The minimum atomic E-state index is -0.796. The van der Waals surface area contributed by atoms with Crippen molar-refractivity contribution in [3.8, 4) is 11.8 Å². The molecule has 2 heterocycles. The molecule has 0 unspecified atom stereocenters. The van der Waals surface area contributed by atoms with Gasteiger partial charge in [0.15, 0.2) is 0 Å². The normalized spacial score (nSPS) is 15.8. The van der Waals surface area contributed by atoms with Gasteiger partial charge in [-0.1, -0.05) is 38.5 Å². The number of nitrogens with zero attached hydrogens (tertiary/aromatic N) is 2. The number of aromatic nitrogens is 2. The van der Waals surface area contributed by atoms with Crippen molar-refractivity contribution in [3.05, 3.63) is 47.5 Å². The van der Waals surface area contributed by atoms with Crippen LogP contribution in [0.3, 0.4) is 0 Å². The molecule has 0 aromatic carbocycles. The van der Waals surface area contributed by atoms with Gasteiger partial charge in [-0.2, -0.15) is 0 Å². The summed E-state index contributed by atoms with van der Waals surface area (Å²) in [4.78, 5) is 18.1. The van der Waals surface area contributed by atoms with Crippen LogP contribution in [0, 0.1) is 5.82 Å². The molecule has 0 radical (unpaired) electrons. The zero-order valence-corrected chi connectivity index (χ0v) is 19.8. The summed E-state index contributed by atoms with van der Waals surface area (Å²) in [6, 6.07) is 5.18. The van der Waals surface area contributed by atoms with Crippen LogP contribution in [0.4, 0.5) is 4.39 Å². The predicted octanol–water partition coefficient (Wildman–Crippen LogP) is 5.31. The Morgan fingerprint density at radius 2 is 1.61 bits per heavy atom. The molecule has 0 saturated heterocycles. The highest BCUT2D eigenvalue weighted by molar-refractivity contribution is 5.67. The molecule has 0 bridgehead atoms. The molecule has 2 saturated carbocycles. The molecule has 2 fully saturated rings. The lowest BCUT2D eigenvalue weighted by Gasteiger charge is -2.36. The number of carboxylic acid groups (broad SMARTS) is 1. The van der Waals surface area contributed by atoms with Crippen LogP contribution in [0.25, 0.3) is 0 Å². The van der Waals surface area contributed by atoms with Gasteiger partial charge < -0.3 is 19.3 Å². The fraction of sp³-hybridized carbons (Fsp3) is 0.560. The van der Waals surface area contributed by atoms with Crippen LogP contribution in [0.5, 0.6) is 11.8 Å². The van der Waals surface area contributed by atoms with E-state index in [4.69, 9.17) is 19.3 Å². The number of hydrogen-bond acceptors (Lipinski definition) is 6. The zero-order chi connectivity index (χ0) is 24.1. The Morgan fingerprint density at radius 3 is 2.15 bits per heavy atom. The van der Waals surface area contributed by atoms with Crippen molar-refractivity contribution in [3.63, 3.8) is 0 Å². The van der Waals surface area contributed by atoms with E-state index in [0.29, 0.717) is 23.7 Å². The van der Waals surface area contributed by atoms with Crippen LogP contribution in [-0.4, -0.2) is 42.4 Å². The van der Waals surface area contributed by atoms with Crippen LogP contribution in [0.1, 0.15) is 68.9 Å². The van der Waals surface area contributed by atoms with Crippen molar-refractivity contribution in [2.75, 3.05) is 21.3 Å². The van der Waals surface area contributed by atoms with E-state index >= 15 is 0 Å². The average Bonchev–Trinajstić information content (AvgIpc) is 3.74. The number of ether oxygens (including phenoxy) is 3. The first kappa shape index (κ1) is 26.5. The van der Waals surface area contributed by atoms with Gasteiger partial charge in [0.05, 0.1) is 26.0 Å². The van der Waals surface area contributed by atoms with Crippen molar-refractivity contribution in [1.29, 1.82) is 0 Å².